The van der Waals surface area contributed by atoms with Gasteiger partial charge >= 0.3 is 0 Å². The number of nitrogens with one attached hydrogen (secondary N) is 1. The van der Waals surface area contributed by atoms with Crippen LogP contribution in [0.2, 0.25) is 5.02 Å². The number of rotatable bonds is 6. The Labute approximate surface area is 187 Å². The van der Waals surface area contributed by atoms with Crippen molar-refractivity contribution in [1.29, 1.82) is 0 Å². The minimum absolute atomic E-state index is 0.0391. The second-order valence-corrected chi connectivity index (χ2v) is 7.32. The van der Waals surface area contributed by atoms with Gasteiger partial charge in [0.1, 0.15) is 23.1 Å². The topological polar surface area (TPSA) is 58.6 Å². The van der Waals surface area contributed by atoms with Crippen LogP contribution in [0.5, 0.6) is 5.75 Å². The Kier molecular flexibility index (Phi) is 5.92. The summed E-state index contributed by atoms with van der Waals surface area (Å²) in [5.41, 5.74) is 0.570. The maximum absolute atomic E-state index is 14.5. The van der Waals surface area contributed by atoms with Crippen molar-refractivity contribution in [1.82, 2.24) is 0 Å². The molecule has 0 fully saturated rings. The van der Waals surface area contributed by atoms with Crippen LogP contribution in [-0.2, 0) is 9.59 Å². The minimum Gasteiger partial charge on any atom is -0.494 e. The Morgan fingerprint density at radius 2 is 1.72 bits per heavy atom. The molecule has 3 aromatic carbocycles. The van der Waals surface area contributed by atoms with E-state index in [-0.39, 0.29) is 17.0 Å². The quantitative estimate of drug-likeness (QED) is 0.506. The van der Waals surface area contributed by atoms with E-state index >= 15 is 0 Å². The average molecular weight is 455 g/mol. The number of ether oxygens (including phenoxy) is 1. The number of benzene rings is 3. The number of imide groups is 1. The maximum Gasteiger partial charge on any atom is 0.282 e. The predicted octanol–water partition coefficient (Wildman–Crippen LogP) is 5.41. The van der Waals surface area contributed by atoms with Crippen LogP contribution in [0.15, 0.2) is 72.4 Å². The van der Waals surface area contributed by atoms with Crippen molar-refractivity contribution in [2.75, 3.05) is 16.8 Å². The molecule has 0 unspecified atom stereocenters. The molecule has 0 atom stereocenters. The van der Waals surface area contributed by atoms with Gasteiger partial charge in [-0.05, 0) is 48.9 Å². The Morgan fingerprint density at radius 3 is 2.41 bits per heavy atom. The summed E-state index contributed by atoms with van der Waals surface area (Å²) in [7, 11) is 0. The first kappa shape index (κ1) is 21.5. The molecular formula is C24H17ClF2N2O3. The van der Waals surface area contributed by atoms with E-state index in [0.717, 1.165) is 12.1 Å². The predicted molar refractivity (Wildman–Crippen MR) is 118 cm³/mol. The molecule has 4 rings (SSSR count). The molecule has 0 radical (unpaired) electrons. The molecule has 0 bridgehead atoms. The monoisotopic (exact) mass is 454 g/mol. The number of carbonyl (C=O) groups excluding carboxylic acids is 2. The Bertz CT molecular complexity index is 1240. The fraction of sp³-hybridized carbons (Fsp3) is 0.0833. The first-order valence-corrected chi connectivity index (χ1v) is 10.1. The van der Waals surface area contributed by atoms with E-state index < -0.39 is 23.4 Å². The van der Waals surface area contributed by atoms with Gasteiger partial charge in [-0.25, -0.2) is 13.7 Å². The zero-order chi connectivity index (χ0) is 22.8. The van der Waals surface area contributed by atoms with Gasteiger partial charge in [-0.15, -0.1) is 0 Å². The third-order valence-electron chi connectivity index (χ3n) is 4.78. The third-order valence-corrected chi connectivity index (χ3v) is 5.03. The largest absolute Gasteiger partial charge is 0.494 e. The summed E-state index contributed by atoms with van der Waals surface area (Å²) in [6, 6.07) is 15.9. The van der Waals surface area contributed by atoms with Gasteiger partial charge in [0.15, 0.2) is 0 Å². The van der Waals surface area contributed by atoms with Crippen LogP contribution in [0.4, 0.5) is 20.2 Å². The van der Waals surface area contributed by atoms with Crippen LogP contribution in [-0.4, -0.2) is 18.4 Å². The summed E-state index contributed by atoms with van der Waals surface area (Å²) in [5, 5.41) is 3.42. The average Bonchev–Trinajstić information content (AvgIpc) is 2.99. The highest BCUT2D eigenvalue weighted by Crippen LogP contribution is 2.35. The van der Waals surface area contributed by atoms with Crippen LogP contribution < -0.4 is 15.0 Å². The van der Waals surface area contributed by atoms with Crippen LogP contribution in [0, 0.1) is 11.6 Å². The molecule has 1 heterocycles. The van der Waals surface area contributed by atoms with Crippen molar-refractivity contribution in [3.05, 3.63) is 94.6 Å². The van der Waals surface area contributed by atoms with Crippen molar-refractivity contribution in [2.45, 2.75) is 6.92 Å². The summed E-state index contributed by atoms with van der Waals surface area (Å²) in [6.45, 7) is 2.30. The smallest absolute Gasteiger partial charge is 0.282 e. The molecule has 2 amide bonds. The zero-order valence-electron chi connectivity index (χ0n) is 16.9. The molecule has 5 nitrogen and oxygen atoms in total. The Hall–Kier alpha value is -3.71. The standard InChI is InChI=1S/C24H17ClF2N2O3/c1-2-32-18-5-3-4-17(13-18)28-22-21(14-6-8-15(25)9-7-14)23(30)29(24(22)31)20-11-10-16(26)12-19(20)27/h3-13,28H,2H2,1H3. The van der Waals surface area contributed by atoms with Crippen molar-refractivity contribution in [3.8, 4) is 5.75 Å². The summed E-state index contributed by atoms with van der Waals surface area (Å²) >= 11 is 5.96. The number of hydrogen-bond donors (Lipinski definition) is 1. The Morgan fingerprint density at radius 1 is 0.969 bits per heavy atom. The number of amides is 2. The van der Waals surface area contributed by atoms with Gasteiger partial charge in [0.05, 0.1) is 17.9 Å². The van der Waals surface area contributed by atoms with Gasteiger partial charge in [-0.2, -0.15) is 0 Å². The van der Waals surface area contributed by atoms with E-state index in [4.69, 9.17) is 16.3 Å². The highest BCUT2D eigenvalue weighted by atomic mass is 35.5. The highest BCUT2D eigenvalue weighted by molar-refractivity contribution is 6.46. The lowest BCUT2D eigenvalue weighted by Crippen LogP contribution is -2.33. The molecule has 3 aromatic rings. The van der Waals surface area contributed by atoms with Crippen LogP contribution in [0.3, 0.4) is 0 Å². The number of nitrogens with zero attached hydrogens (tertiary/aromatic N) is 1. The molecule has 0 aliphatic carbocycles. The molecule has 162 valence electrons. The third kappa shape index (κ3) is 4.07. The van der Waals surface area contributed by atoms with E-state index in [0.29, 0.717) is 39.6 Å². The molecule has 1 aliphatic rings. The van der Waals surface area contributed by atoms with Gasteiger partial charge < -0.3 is 10.1 Å². The second kappa shape index (κ2) is 8.80. The molecule has 32 heavy (non-hydrogen) atoms. The molecule has 1 aliphatic heterocycles. The molecule has 0 saturated heterocycles. The summed E-state index contributed by atoms with van der Waals surface area (Å²) in [6.07, 6.45) is 0. The number of hydrogen-bond acceptors (Lipinski definition) is 4. The van der Waals surface area contributed by atoms with Crippen molar-refractivity contribution in [2.24, 2.45) is 0 Å². The zero-order valence-corrected chi connectivity index (χ0v) is 17.6. The van der Waals surface area contributed by atoms with Gasteiger partial charge in [-0.3, -0.25) is 9.59 Å². The van der Waals surface area contributed by atoms with Gasteiger partial charge in [0.25, 0.3) is 11.8 Å². The molecule has 0 aromatic heterocycles. The summed E-state index contributed by atoms with van der Waals surface area (Å²) in [4.78, 5) is 27.3. The van der Waals surface area contributed by atoms with Gasteiger partial charge in [0.2, 0.25) is 0 Å². The first-order valence-electron chi connectivity index (χ1n) is 9.73. The van der Waals surface area contributed by atoms with Crippen LogP contribution in [0.25, 0.3) is 5.57 Å². The lowest BCUT2D eigenvalue weighted by atomic mass is 10.0. The number of anilines is 2. The molecular weight excluding hydrogens is 438 g/mol. The lowest BCUT2D eigenvalue weighted by Gasteiger charge is -2.16. The van der Waals surface area contributed by atoms with Crippen molar-refractivity contribution in [3.63, 3.8) is 0 Å². The highest BCUT2D eigenvalue weighted by Gasteiger charge is 2.41. The van der Waals surface area contributed by atoms with E-state index in [1.54, 1.807) is 48.5 Å². The van der Waals surface area contributed by atoms with Crippen molar-refractivity contribution < 1.29 is 23.1 Å². The second-order valence-electron chi connectivity index (χ2n) is 6.88. The minimum atomic E-state index is -1.03. The van der Waals surface area contributed by atoms with Gasteiger partial charge in [-0.1, -0.05) is 29.8 Å². The van der Waals surface area contributed by atoms with E-state index in [1.807, 2.05) is 6.92 Å². The summed E-state index contributed by atoms with van der Waals surface area (Å²) in [5.74, 6) is -2.79. The fourth-order valence-electron chi connectivity index (χ4n) is 3.39. The first-order chi connectivity index (χ1) is 15.4. The van der Waals surface area contributed by atoms with E-state index in [1.165, 1.54) is 0 Å². The molecule has 0 spiro atoms. The normalized spacial score (nSPS) is 13.7. The molecule has 8 heteroatoms. The SMILES string of the molecule is CCOc1cccc(NC2=C(c3ccc(Cl)cc3)C(=O)N(c3ccc(F)cc3F)C2=O)c1. The van der Waals surface area contributed by atoms with E-state index in [2.05, 4.69) is 5.32 Å². The molecule has 0 saturated carbocycles. The number of halogens is 3. The fourth-order valence-corrected chi connectivity index (χ4v) is 3.51. The van der Waals surface area contributed by atoms with Crippen molar-refractivity contribution >= 4 is 40.4 Å². The van der Waals surface area contributed by atoms with E-state index in [9.17, 15) is 18.4 Å². The maximum atomic E-state index is 14.5. The molecule has 1 N–H and O–H groups in total. The number of carbonyl (C=O) groups is 2. The Balaban J connectivity index is 1.81. The van der Waals surface area contributed by atoms with Crippen LogP contribution >= 0.6 is 11.6 Å². The van der Waals surface area contributed by atoms with Crippen LogP contribution in [0.1, 0.15) is 12.5 Å². The summed E-state index contributed by atoms with van der Waals surface area (Å²) < 4.78 is 33.3. The van der Waals surface area contributed by atoms with Gasteiger partial charge in [0, 0.05) is 22.8 Å². The lowest BCUT2D eigenvalue weighted by molar-refractivity contribution is -0.120.